The van der Waals surface area contributed by atoms with E-state index in [4.69, 9.17) is 5.73 Å². The van der Waals surface area contributed by atoms with Gasteiger partial charge in [-0.15, -0.1) is 0 Å². The molecule has 110 valence electrons. The highest BCUT2D eigenvalue weighted by Crippen LogP contribution is 2.33. The van der Waals surface area contributed by atoms with Crippen LogP contribution in [0.1, 0.15) is 38.3 Å². The second-order valence-corrected chi connectivity index (χ2v) is 6.28. The van der Waals surface area contributed by atoms with E-state index in [-0.39, 0.29) is 11.9 Å². The zero-order chi connectivity index (χ0) is 14.3. The van der Waals surface area contributed by atoms with E-state index in [0.29, 0.717) is 12.1 Å². The molecule has 2 aliphatic heterocycles. The second-order valence-electron chi connectivity index (χ2n) is 6.28. The second kappa shape index (κ2) is 5.34. The molecule has 2 fully saturated rings. The molecule has 2 aliphatic rings. The van der Waals surface area contributed by atoms with Gasteiger partial charge in [0.05, 0.1) is 0 Å². The van der Waals surface area contributed by atoms with Gasteiger partial charge in [-0.05, 0) is 57.0 Å². The van der Waals surface area contributed by atoms with Gasteiger partial charge in [0, 0.05) is 36.9 Å². The number of fused-ring (bicyclic) bond motifs is 1. The van der Waals surface area contributed by atoms with Crippen LogP contribution < -0.4 is 10.6 Å². The summed E-state index contributed by atoms with van der Waals surface area (Å²) in [5.74, 6) is -0.201. The van der Waals surface area contributed by atoms with E-state index in [1.54, 1.807) is 12.1 Å². The Balaban J connectivity index is 1.91. The summed E-state index contributed by atoms with van der Waals surface area (Å²) in [4.78, 5) is 5.01. The van der Waals surface area contributed by atoms with Crippen LogP contribution in [0.25, 0.3) is 0 Å². The minimum absolute atomic E-state index is 0.144. The zero-order valence-corrected chi connectivity index (χ0v) is 12.3. The van der Waals surface area contributed by atoms with E-state index in [1.165, 1.54) is 19.4 Å². The van der Waals surface area contributed by atoms with Gasteiger partial charge in [0.15, 0.2) is 0 Å². The summed E-state index contributed by atoms with van der Waals surface area (Å²) in [6.45, 7) is 7.54. The van der Waals surface area contributed by atoms with Crippen LogP contribution in [0.2, 0.25) is 0 Å². The average Bonchev–Trinajstić information content (AvgIpc) is 2.85. The largest absolute Gasteiger partial charge is 0.366 e. The Morgan fingerprint density at radius 2 is 2.15 bits per heavy atom. The Morgan fingerprint density at radius 1 is 1.35 bits per heavy atom. The Bertz CT molecular complexity index is 489. The molecule has 2 heterocycles. The van der Waals surface area contributed by atoms with Crippen LogP contribution in [-0.2, 0) is 0 Å². The minimum atomic E-state index is -0.201. The Labute approximate surface area is 120 Å². The van der Waals surface area contributed by atoms with Crippen molar-refractivity contribution in [3.8, 4) is 0 Å². The molecule has 2 N–H and O–H groups in total. The maximum absolute atomic E-state index is 13.5. The van der Waals surface area contributed by atoms with Crippen molar-refractivity contribution in [1.29, 1.82) is 0 Å². The fraction of sp³-hybridized carbons (Fsp3) is 0.625. The molecule has 3 rings (SSSR count). The highest BCUT2D eigenvalue weighted by Gasteiger charge is 2.35. The van der Waals surface area contributed by atoms with E-state index < -0.39 is 0 Å². The predicted molar refractivity (Wildman–Crippen MR) is 80.4 cm³/mol. The fourth-order valence-corrected chi connectivity index (χ4v) is 3.67. The van der Waals surface area contributed by atoms with Crippen LogP contribution in [0, 0.1) is 5.82 Å². The minimum Gasteiger partial charge on any atom is -0.366 e. The first-order chi connectivity index (χ1) is 9.56. The molecular weight excluding hydrogens is 253 g/mol. The number of piperazine rings is 1. The molecule has 0 bridgehead atoms. The van der Waals surface area contributed by atoms with Gasteiger partial charge in [-0.2, -0.15) is 0 Å². The van der Waals surface area contributed by atoms with E-state index in [2.05, 4.69) is 16.7 Å². The van der Waals surface area contributed by atoms with Crippen molar-refractivity contribution < 1.29 is 4.39 Å². The SMILES string of the molecule is CC1CN2CCCC2CN1c1ccc(F)cc1[C@H](C)N. The van der Waals surface area contributed by atoms with Gasteiger partial charge in [-0.1, -0.05) is 0 Å². The Kier molecular flexibility index (Phi) is 3.69. The number of nitrogens with zero attached hydrogens (tertiary/aromatic N) is 2. The average molecular weight is 277 g/mol. The maximum Gasteiger partial charge on any atom is 0.123 e. The van der Waals surface area contributed by atoms with E-state index in [1.807, 2.05) is 13.0 Å². The molecule has 0 aliphatic carbocycles. The highest BCUT2D eigenvalue weighted by atomic mass is 19.1. The lowest BCUT2D eigenvalue weighted by Crippen LogP contribution is -2.55. The van der Waals surface area contributed by atoms with Crippen molar-refractivity contribution in [2.24, 2.45) is 5.73 Å². The summed E-state index contributed by atoms with van der Waals surface area (Å²) in [7, 11) is 0. The standard InChI is InChI=1S/C16H24FN3/c1-11-9-19-7-3-4-14(19)10-20(11)16-6-5-13(17)8-15(16)12(2)18/h5-6,8,11-12,14H,3-4,7,9-10,18H2,1-2H3/t11?,12-,14?/m0/s1. The number of anilines is 1. The number of halogens is 1. The van der Waals surface area contributed by atoms with Crippen molar-refractivity contribution in [3.05, 3.63) is 29.6 Å². The van der Waals surface area contributed by atoms with Crippen molar-refractivity contribution >= 4 is 5.69 Å². The lowest BCUT2D eigenvalue weighted by Gasteiger charge is -2.44. The number of hydrogen-bond acceptors (Lipinski definition) is 3. The normalized spacial score (nSPS) is 28.5. The quantitative estimate of drug-likeness (QED) is 0.901. The first-order valence-electron chi connectivity index (χ1n) is 7.62. The van der Waals surface area contributed by atoms with Crippen LogP contribution >= 0.6 is 0 Å². The summed E-state index contributed by atoms with van der Waals surface area (Å²) < 4.78 is 13.5. The van der Waals surface area contributed by atoms with Gasteiger partial charge < -0.3 is 10.6 Å². The smallest absolute Gasteiger partial charge is 0.123 e. The molecule has 2 unspecified atom stereocenters. The molecular formula is C16H24FN3. The maximum atomic E-state index is 13.5. The molecule has 20 heavy (non-hydrogen) atoms. The molecule has 3 nitrogen and oxygen atoms in total. The molecule has 1 aromatic rings. The Hall–Kier alpha value is -1.13. The molecule has 3 atom stereocenters. The summed E-state index contributed by atoms with van der Waals surface area (Å²) >= 11 is 0. The topological polar surface area (TPSA) is 32.5 Å². The zero-order valence-electron chi connectivity index (χ0n) is 12.3. The molecule has 0 spiro atoms. The third kappa shape index (κ3) is 2.42. The molecule has 4 heteroatoms. The lowest BCUT2D eigenvalue weighted by atomic mass is 10.0. The van der Waals surface area contributed by atoms with Gasteiger partial charge in [0.1, 0.15) is 5.82 Å². The third-order valence-electron chi connectivity index (χ3n) is 4.73. The number of rotatable bonds is 2. The lowest BCUT2D eigenvalue weighted by molar-refractivity contribution is 0.202. The fourth-order valence-electron chi connectivity index (χ4n) is 3.67. The molecule has 0 saturated carbocycles. The van der Waals surface area contributed by atoms with Crippen LogP contribution in [0.15, 0.2) is 18.2 Å². The first-order valence-corrected chi connectivity index (χ1v) is 7.62. The van der Waals surface area contributed by atoms with Crippen LogP contribution in [0.5, 0.6) is 0 Å². The highest BCUT2D eigenvalue weighted by molar-refractivity contribution is 5.56. The summed E-state index contributed by atoms with van der Waals surface area (Å²) in [5, 5.41) is 0. The number of nitrogens with two attached hydrogens (primary N) is 1. The summed E-state index contributed by atoms with van der Waals surface area (Å²) in [6.07, 6.45) is 2.58. The Morgan fingerprint density at radius 3 is 2.90 bits per heavy atom. The van der Waals surface area contributed by atoms with Crippen molar-refractivity contribution in [2.75, 3.05) is 24.5 Å². The van der Waals surface area contributed by atoms with Gasteiger partial charge in [-0.25, -0.2) is 4.39 Å². The van der Waals surface area contributed by atoms with Gasteiger partial charge in [0.25, 0.3) is 0 Å². The van der Waals surface area contributed by atoms with Crippen LogP contribution in [-0.4, -0.2) is 36.6 Å². The molecule has 0 radical (unpaired) electrons. The van der Waals surface area contributed by atoms with E-state index in [0.717, 1.165) is 24.3 Å². The predicted octanol–water partition coefficient (Wildman–Crippen LogP) is 2.52. The monoisotopic (exact) mass is 277 g/mol. The van der Waals surface area contributed by atoms with Crippen LogP contribution in [0.4, 0.5) is 10.1 Å². The van der Waals surface area contributed by atoms with Gasteiger partial charge >= 0.3 is 0 Å². The van der Waals surface area contributed by atoms with E-state index >= 15 is 0 Å². The molecule has 2 saturated heterocycles. The van der Waals surface area contributed by atoms with Crippen molar-refractivity contribution in [2.45, 2.75) is 44.8 Å². The summed E-state index contributed by atoms with van der Waals surface area (Å²) in [6, 6.07) is 6.00. The first kappa shape index (κ1) is 13.8. The molecule has 0 aromatic heterocycles. The number of hydrogen-bond donors (Lipinski definition) is 1. The number of benzene rings is 1. The van der Waals surface area contributed by atoms with Gasteiger partial charge in [-0.3, -0.25) is 4.90 Å². The molecule has 0 amide bonds. The molecule has 1 aromatic carbocycles. The van der Waals surface area contributed by atoms with Crippen molar-refractivity contribution in [3.63, 3.8) is 0 Å². The van der Waals surface area contributed by atoms with Crippen molar-refractivity contribution in [1.82, 2.24) is 4.90 Å². The van der Waals surface area contributed by atoms with E-state index in [9.17, 15) is 4.39 Å². The third-order valence-corrected chi connectivity index (χ3v) is 4.73. The van der Waals surface area contributed by atoms with Crippen LogP contribution in [0.3, 0.4) is 0 Å². The summed E-state index contributed by atoms with van der Waals surface area (Å²) in [5.41, 5.74) is 8.07. The van der Waals surface area contributed by atoms with Gasteiger partial charge in [0.2, 0.25) is 0 Å².